The maximum absolute atomic E-state index is 10.8. The lowest BCUT2D eigenvalue weighted by Crippen LogP contribution is -2.19. The number of rotatable bonds is 6. The standard InChI is InChI=1S/C11H17N3O3/c1-8-4-5-10(14(15)16)11(12-8)13-9(2)6-7-17-3/h4-5,9H,6-7H2,1-3H3,(H,12,13). The van der Waals surface area contributed by atoms with Gasteiger partial charge in [0, 0.05) is 31.5 Å². The molecule has 0 fully saturated rings. The van der Waals surface area contributed by atoms with Crippen LogP contribution in [0.25, 0.3) is 0 Å². The minimum absolute atomic E-state index is 0.000123. The lowest BCUT2D eigenvalue weighted by atomic mass is 10.2. The molecule has 0 saturated heterocycles. The van der Waals surface area contributed by atoms with E-state index >= 15 is 0 Å². The van der Waals surface area contributed by atoms with E-state index in [1.54, 1.807) is 20.1 Å². The van der Waals surface area contributed by atoms with E-state index in [0.29, 0.717) is 12.4 Å². The van der Waals surface area contributed by atoms with E-state index < -0.39 is 4.92 Å². The highest BCUT2D eigenvalue weighted by molar-refractivity contribution is 5.56. The van der Waals surface area contributed by atoms with Gasteiger partial charge in [-0.15, -0.1) is 0 Å². The number of nitrogens with zero attached hydrogens (tertiary/aromatic N) is 2. The maximum atomic E-state index is 10.8. The maximum Gasteiger partial charge on any atom is 0.311 e. The van der Waals surface area contributed by atoms with Gasteiger partial charge < -0.3 is 10.1 Å². The van der Waals surface area contributed by atoms with Crippen LogP contribution in [-0.4, -0.2) is 29.7 Å². The van der Waals surface area contributed by atoms with Crippen LogP contribution in [0.4, 0.5) is 11.5 Å². The van der Waals surface area contributed by atoms with Crippen LogP contribution in [0.5, 0.6) is 0 Å². The first-order valence-electron chi connectivity index (χ1n) is 5.42. The van der Waals surface area contributed by atoms with Gasteiger partial charge >= 0.3 is 5.69 Å². The van der Waals surface area contributed by atoms with Crippen LogP contribution >= 0.6 is 0 Å². The summed E-state index contributed by atoms with van der Waals surface area (Å²) in [4.78, 5) is 14.5. The number of aryl methyl sites for hydroxylation is 1. The number of nitrogens with one attached hydrogen (secondary N) is 1. The molecular formula is C11H17N3O3. The van der Waals surface area contributed by atoms with Crippen molar-refractivity contribution in [3.05, 3.63) is 27.9 Å². The number of hydrogen-bond acceptors (Lipinski definition) is 5. The fraction of sp³-hybridized carbons (Fsp3) is 0.545. The zero-order valence-electron chi connectivity index (χ0n) is 10.3. The Balaban J connectivity index is 2.81. The van der Waals surface area contributed by atoms with Gasteiger partial charge in [0.15, 0.2) is 0 Å². The van der Waals surface area contributed by atoms with Gasteiger partial charge in [0.05, 0.1) is 4.92 Å². The number of pyridine rings is 1. The second kappa shape index (κ2) is 6.15. The van der Waals surface area contributed by atoms with Crippen molar-refractivity contribution in [2.45, 2.75) is 26.3 Å². The fourth-order valence-electron chi connectivity index (χ4n) is 1.40. The molecule has 1 aromatic rings. The van der Waals surface area contributed by atoms with Crippen molar-refractivity contribution in [3.8, 4) is 0 Å². The Bertz CT molecular complexity index is 396. The molecule has 0 aliphatic heterocycles. The first-order chi connectivity index (χ1) is 8.04. The van der Waals surface area contributed by atoms with E-state index in [4.69, 9.17) is 4.74 Å². The van der Waals surface area contributed by atoms with Crippen molar-refractivity contribution in [2.24, 2.45) is 0 Å². The Morgan fingerprint density at radius 1 is 1.59 bits per heavy atom. The number of hydrogen-bond donors (Lipinski definition) is 1. The molecule has 17 heavy (non-hydrogen) atoms. The molecule has 94 valence electrons. The number of ether oxygens (including phenoxy) is 1. The fourth-order valence-corrected chi connectivity index (χ4v) is 1.40. The van der Waals surface area contributed by atoms with Crippen molar-refractivity contribution < 1.29 is 9.66 Å². The summed E-state index contributed by atoms with van der Waals surface area (Å²) in [6, 6.07) is 3.17. The number of anilines is 1. The first-order valence-corrected chi connectivity index (χ1v) is 5.42. The summed E-state index contributed by atoms with van der Waals surface area (Å²) in [7, 11) is 1.63. The number of aromatic nitrogens is 1. The first kappa shape index (κ1) is 13.4. The molecule has 0 aromatic carbocycles. The number of nitro groups is 1. The average molecular weight is 239 g/mol. The monoisotopic (exact) mass is 239 g/mol. The highest BCUT2D eigenvalue weighted by Gasteiger charge is 2.16. The largest absolute Gasteiger partial charge is 0.385 e. The zero-order valence-corrected chi connectivity index (χ0v) is 10.3. The van der Waals surface area contributed by atoms with Crippen LogP contribution in [0.1, 0.15) is 19.0 Å². The zero-order chi connectivity index (χ0) is 12.8. The Morgan fingerprint density at radius 2 is 2.29 bits per heavy atom. The van der Waals surface area contributed by atoms with E-state index in [1.807, 2.05) is 6.92 Å². The minimum atomic E-state index is -0.433. The Hall–Kier alpha value is -1.69. The van der Waals surface area contributed by atoms with Crippen LogP contribution in [-0.2, 0) is 4.74 Å². The molecular weight excluding hydrogens is 222 g/mol. The van der Waals surface area contributed by atoms with Crippen molar-refractivity contribution in [1.82, 2.24) is 4.98 Å². The Kier molecular flexibility index (Phi) is 4.84. The molecule has 0 aliphatic carbocycles. The van der Waals surface area contributed by atoms with E-state index in [2.05, 4.69) is 10.3 Å². The van der Waals surface area contributed by atoms with Gasteiger partial charge in [0.1, 0.15) is 0 Å². The van der Waals surface area contributed by atoms with E-state index in [-0.39, 0.29) is 11.7 Å². The van der Waals surface area contributed by atoms with E-state index in [0.717, 1.165) is 12.1 Å². The summed E-state index contributed by atoms with van der Waals surface area (Å²) in [6.45, 7) is 4.34. The van der Waals surface area contributed by atoms with Gasteiger partial charge in [-0.25, -0.2) is 4.98 Å². The van der Waals surface area contributed by atoms with Crippen molar-refractivity contribution in [1.29, 1.82) is 0 Å². The Morgan fingerprint density at radius 3 is 2.88 bits per heavy atom. The summed E-state index contributed by atoms with van der Waals surface area (Å²) >= 11 is 0. The summed E-state index contributed by atoms with van der Waals surface area (Å²) in [5.74, 6) is 0.318. The smallest absolute Gasteiger partial charge is 0.311 e. The van der Waals surface area contributed by atoms with Gasteiger partial charge in [0.2, 0.25) is 5.82 Å². The van der Waals surface area contributed by atoms with Gasteiger partial charge in [-0.05, 0) is 26.3 Å². The predicted octanol–water partition coefficient (Wildman–Crippen LogP) is 2.14. The molecule has 0 aliphatic rings. The highest BCUT2D eigenvalue weighted by atomic mass is 16.6. The lowest BCUT2D eigenvalue weighted by molar-refractivity contribution is -0.384. The molecule has 6 heteroatoms. The molecule has 1 rings (SSSR count). The molecule has 0 radical (unpaired) electrons. The third-order valence-corrected chi connectivity index (χ3v) is 2.35. The Labute approximate surface area is 100 Å². The van der Waals surface area contributed by atoms with Crippen molar-refractivity contribution in [2.75, 3.05) is 19.0 Å². The van der Waals surface area contributed by atoms with Crippen LogP contribution in [0, 0.1) is 17.0 Å². The van der Waals surface area contributed by atoms with Gasteiger partial charge in [-0.3, -0.25) is 10.1 Å². The van der Waals surface area contributed by atoms with Gasteiger partial charge in [-0.2, -0.15) is 0 Å². The quantitative estimate of drug-likeness (QED) is 0.607. The molecule has 1 unspecified atom stereocenters. The summed E-state index contributed by atoms with van der Waals surface area (Å²) < 4.78 is 4.96. The molecule has 1 atom stereocenters. The second-order valence-electron chi connectivity index (χ2n) is 3.90. The SMILES string of the molecule is COCCC(C)Nc1nc(C)ccc1[N+](=O)[O-]. The summed E-state index contributed by atoms with van der Waals surface area (Å²) in [6.07, 6.45) is 0.767. The second-order valence-corrected chi connectivity index (χ2v) is 3.90. The van der Waals surface area contributed by atoms with Crippen molar-refractivity contribution in [3.63, 3.8) is 0 Å². The molecule has 0 bridgehead atoms. The van der Waals surface area contributed by atoms with E-state index in [9.17, 15) is 10.1 Å². The highest BCUT2D eigenvalue weighted by Crippen LogP contribution is 2.22. The van der Waals surface area contributed by atoms with Crippen LogP contribution < -0.4 is 5.32 Å². The molecule has 1 N–H and O–H groups in total. The molecule has 1 aromatic heterocycles. The molecule has 1 heterocycles. The third kappa shape index (κ3) is 3.99. The lowest BCUT2D eigenvalue weighted by Gasteiger charge is -2.14. The minimum Gasteiger partial charge on any atom is -0.385 e. The molecule has 0 saturated carbocycles. The summed E-state index contributed by atoms with van der Waals surface area (Å²) in [5.41, 5.74) is 0.747. The van der Waals surface area contributed by atoms with Crippen molar-refractivity contribution >= 4 is 11.5 Å². The van der Waals surface area contributed by atoms with Gasteiger partial charge in [-0.1, -0.05) is 0 Å². The summed E-state index contributed by atoms with van der Waals surface area (Å²) in [5, 5.41) is 13.9. The topological polar surface area (TPSA) is 77.3 Å². The third-order valence-electron chi connectivity index (χ3n) is 2.35. The molecule has 0 spiro atoms. The number of methoxy groups -OCH3 is 1. The molecule has 6 nitrogen and oxygen atoms in total. The molecule has 0 amide bonds. The normalized spacial score (nSPS) is 12.2. The van der Waals surface area contributed by atoms with Crippen LogP contribution in [0.2, 0.25) is 0 Å². The van der Waals surface area contributed by atoms with Gasteiger partial charge in [0.25, 0.3) is 0 Å². The predicted molar refractivity (Wildman–Crippen MR) is 65.2 cm³/mol. The average Bonchev–Trinajstić information content (AvgIpc) is 2.26. The van der Waals surface area contributed by atoms with Crippen LogP contribution in [0.3, 0.4) is 0 Å². The van der Waals surface area contributed by atoms with E-state index in [1.165, 1.54) is 6.07 Å². The van der Waals surface area contributed by atoms with Crippen LogP contribution in [0.15, 0.2) is 12.1 Å².